The number of carbonyl (C=O) groups is 2. The van der Waals surface area contributed by atoms with Gasteiger partial charge in [-0.2, -0.15) is 9.57 Å². The molecule has 1 amide bonds. The summed E-state index contributed by atoms with van der Waals surface area (Å²) >= 11 is 11.7. The van der Waals surface area contributed by atoms with E-state index in [9.17, 15) is 18.0 Å². The average Bonchev–Trinajstić information content (AvgIpc) is 2.73. The second kappa shape index (κ2) is 11.1. The van der Waals surface area contributed by atoms with Gasteiger partial charge in [0.1, 0.15) is 6.54 Å². The van der Waals surface area contributed by atoms with Crippen LogP contribution in [0.5, 0.6) is 0 Å². The first kappa shape index (κ1) is 24.6. The molecule has 11 heteroatoms. The van der Waals surface area contributed by atoms with Crippen LogP contribution in [0.25, 0.3) is 0 Å². The predicted octanol–water partition coefficient (Wildman–Crippen LogP) is 3.10. The fourth-order valence-corrected chi connectivity index (χ4v) is 3.95. The summed E-state index contributed by atoms with van der Waals surface area (Å²) in [5.74, 6) is -1.48. The number of ether oxygens (including phenoxy) is 1. The number of rotatable bonds is 9. The van der Waals surface area contributed by atoms with Crippen molar-refractivity contribution < 1.29 is 22.7 Å². The molecule has 0 heterocycles. The van der Waals surface area contributed by atoms with E-state index in [1.54, 1.807) is 24.3 Å². The van der Waals surface area contributed by atoms with Gasteiger partial charge >= 0.3 is 5.97 Å². The number of hydrogen-bond acceptors (Lipinski definition) is 6. The largest absolute Gasteiger partial charge is 0.455 e. The monoisotopic (exact) mass is 483 g/mol. The molecule has 0 aliphatic carbocycles. The van der Waals surface area contributed by atoms with Gasteiger partial charge in [0.25, 0.3) is 5.91 Å². The van der Waals surface area contributed by atoms with Crippen molar-refractivity contribution in [1.82, 2.24) is 4.31 Å². The number of amides is 1. The van der Waals surface area contributed by atoms with E-state index < -0.39 is 35.1 Å². The highest BCUT2D eigenvalue weighted by Crippen LogP contribution is 2.20. The van der Waals surface area contributed by atoms with Gasteiger partial charge < -0.3 is 9.64 Å². The summed E-state index contributed by atoms with van der Waals surface area (Å²) in [6, 6.07) is 13.9. The summed E-state index contributed by atoms with van der Waals surface area (Å²) in [4.78, 5) is 25.9. The van der Waals surface area contributed by atoms with Crippen molar-refractivity contribution >= 4 is 50.8 Å². The summed E-state index contributed by atoms with van der Waals surface area (Å²) in [6.45, 7) is -1.13. The van der Waals surface area contributed by atoms with Gasteiger partial charge in [0.2, 0.25) is 10.0 Å². The van der Waals surface area contributed by atoms with Crippen LogP contribution in [-0.4, -0.2) is 51.3 Å². The number of esters is 1. The maximum Gasteiger partial charge on any atom is 0.321 e. The van der Waals surface area contributed by atoms with E-state index in [-0.39, 0.29) is 17.9 Å². The van der Waals surface area contributed by atoms with Gasteiger partial charge in [-0.3, -0.25) is 9.59 Å². The van der Waals surface area contributed by atoms with Crippen LogP contribution in [0.2, 0.25) is 10.0 Å². The first-order valence-corrected chi connectivity index (χ1v) is 11.1. The van der Waals surface area contributed by atoms with Crippen molar-refractivity contribution in [2.45, 2.75) is 11.3 Å². The van der Waals surface area contributed by atoms with Gasteiger partial charge in [0.15, 0.2) is 6.61 Å². The third kappa shape index (κ3) is 6.94. The Bertz CT molecular complexity index is 1080. The van der Waals surface area contributed by atoms with Crippen molar-refractivity contribution in [3.05, 3.63) is 58.6 Å². The third-order valence-corrected chi connectivity index (χ3v) is 6.40. The second-order valence-corrected chi connectivity index (χ2v) is 9.23. The number of halogens is 2. The lowest BCUT2D eigenvalue weighted by Crippen LogP contribution is -2.38. The molecule has 0 aliphatic heterocycles. The van der Waals surface area contributed by atoms with E-state index in [0.717, 1.165) is 4.31 Å². The molecule has 0 aliphatic rings. The topological polar surface area (TPSA) is 108 Å². The molecule has 0 saturated carbocycles. The first-order chi connectivity index (χ1) is 14.6. The van der Waals surface area contributed by atoms with E-state index in [0.29, 0.717) is 15.7 Å². The predicted molar refractivity (Wildman–Crippen MR) is 116 cm³/mol. The summed E-state index contributed by atoms with van der Waals surface area (Å²) in [6.07, 6.45) is 0.0638. The van der Waals surface area contributed by atoms with Crippen LogP contribution in [0.3, 0.4) is 0 Å². The van der Waals surface area contributed by atoms with Crippen LogP contribution in [0.15, 0.2) is 53.4 Å². The van der Waals surface area contributed by atoms with Gasteiger partial charge in [-0.1, -0.05) is 29.3 Å². The molecule has 2 aromatic rings. The Hall–Kier alpha value is -2.64. The van der Waals surface area contributed by atoms with Crippen LogP contribution in [-0.2, 0) is 24.3 Å². The van der Waals surface area contributed by atoms with Crippen LogP contribution >= 0.6 is 23.2 Å². The summed E-state index contributed by atoms with van der Waals surface area (Å²) in [7, 11) is -2.72. The van der Waals surface area contributed by atoms with E-state index >= 15 is 0 Å². The molecule has 0 aromatic heterocycles. The fourth-order valence-electron chi connectivity index (χ4n) is 2.52. The molecule has 2 rings (SSSR count). The maximum absolute atomic E-state index is 12.6. The quantitative estimate of drug-likeness (QED) is 0.507. The smallest absolute Gasteiger partial charge is 0.321 e. The number of sulfonamides is 1. The molecule has 31 heavy (non-hydrogen) atoms. The Morgan fingerprint density at radius 2 is 1.77 bits per heavy atom. The highest BCUT2D eigenvalue weighted by molar-refractivity contribution is 7.89. The summed E-state index contributed by atoms with van der Waals surface area (Å²) < 4.78 is 30.8. The first-order valence-electron chi connectivity index (χ1n) is 8.95. The lowest BCUT2D eigenvalue weighted by molar-refractivity contribution is -0.147. The number of hydrogen-bond donors (Lipinski definition) is 0. The fraction of sp³-hybridized carbons (Fsp3) is 0.250. The molecular weight excluding hydrogens is 465 g/mol. The standard InChI is InChI=1S/C20H19Cl2N3O5S/c1-24(31(28,29)18-8-6-15(21)7-9-18)13-20(27)30-14-19(26)25(11-3-10-23)17-5-2-4-16(22)12-17/h2,4-9,12H,3,11,13-14H2,1H3. The number of benzene rings is 2. The van der Waals surface area contributed by atoms with Gasteiger partial charge in [-0.25, -0.2) is 8.42 Å². The molecule has 164 valence electrons. The number of nitriles is 1. The number of nitrogens with zero attached hydrogens (tertiary/aromatic N) is 3. The lowest BCUT2D eigenvalue weighted by atomic mass is 10.2. The molecule has 0 atom stereocenters. The average molecular weight is 484 g/mol. The van der Waals surface area contributed by atoms with Crippen molar-refractivity contribution in [2.24, 2.45) is 0 Å². The Morgan fingerprint density at radius 1 is 1.10 bits per heavy atom. The highest BCUT2D eigenvalue weighted by Gasteiger charge is 2.24. The molecule has 0 N–H and O–H groups in total. The van der Waals surface area contributed by atoms with E-state index in [1.165, 1.54) is 36.2 Å². The Morgan fingerprint density at radius 3 is 2.39 bits per heavy atom. The molecular formula is C20H19Cl2N3O5S. The van der Waals surface area contributed by atoms with Crippen molar-refractivity contribution in [2.75, 3.05) is 31.6 Å². The molecule has 0 radical (unpaired) electrons. The van der Waals surface area contributed by atoms with E-state index in [1.807, 2.05) is 6.07 Å². The zero-order chi connectivity index (χ0) is 23.0. The zero-order valence-electron chi connectivity index (χ0n) is 16.5. The maximum atomic E-state index is 12.6. The van der Waals surface area contributed by atoms with Crippen molar-refractivity contribution in [3.8, 4) is 6.07 Å². The van der Waals surface area contributed by atoms with Crippen molar-refractivity contribution in [3.63, 3.8) is 0 Å². The SMILES string of the molecule is CN(CC(=O)OCC(=O)N(CCC#N)c1cccc(Cl)c1)S(=O)(=O)c1ccc(Cl)cc1. The van der Waals surface area contributed by atoms with Crippen molar-refractivity contribution in [1.29, 1.82) is 5.26 Å². The Kier molecular flexibility index (Phi) is 8.83. The minimum atomic E-state index is -3.94. The van der Waals surface area contributed by atoms with Gasteiger partial charge in [-0.05, 0) is 42.5 Å². The van der Waals surface area contributed by atoms with Crippen LogP contribution in [0.4, 0.5) is 5.69 Å². The molecule has 0 bridgehead atoms. The van der Waals surface area contributed by atoms with E-state index in [4.69, 9.17) is 33.2 Å². The van der Waals surface area contributed by atoms with Crippen LogP contribution in [0, 0.1) is 11.3 Å². The summed E-state index contributed by atoms with van der Waals surface area (Å²) in [5.41, 5.74) is 0.450. The molecule has 0 unspecified atom stereocenters. The normalized spacial score (nSPS) is 11.1. The van der Waals surface area contributed by atoms with Gasteiger partial charge in [0, 0.05) is 29.3 Å². The van der Waals surface area contributed by atoms with E-state index in [2.05, 4.69) is 0 Å². The van der Waals surface area contributed by atoms with Crippen LogP contribution in [0.1, 0.15) is 6.42 Å². The molecule has 0 saturated heterocycles. The minimum Gasteiger partial charge on any atom is -0.455 e. The highest BCUT2D eigenvalue weighted by atomic mass is 35.5. The third-order valence-electron chi connectivity index (χ3n) is 4.10. The lowest BCUT2D eigenvalue weighted by Gasteiger charge is -2.22. The number of likely N-dealkylation sites (N-methyl/N-ethyl adjacent to an activating group) is 1. The van der Waals surface area contributed by atoms with Crippen LogP contribution < -0.4 is 4.90 Å². The number of carbonyl (C=O) groups excluding carboxylic acids is 2. The molecule has 0 fully saturated rings. The second-order valence-electron chi connectivity index (χ2n) is 6.31. The molecule has 0 spiro atoms. The Labute approximate surface area is 190 Å². The summed E-state index contributed by atoms with van der Waals surface area (Å²) in [5, 5.41) is 9.61. The molecule has 8 nitrogen and oxygen atoms in total. The molecule has 2 aromatic carbocycles. The van der Waals surface area contributed by atoms with Gasteiger partial charge in [0.05, 0.1) is 17.4 Å². The Balaban J connectivity index is 2.00. The van der Waals surface area contributed by atoms with Gasteiger partial charge in [-0.15, -0.1) is 0 Å². The number of anilines is 1. The zero-order valence-corrected chi connectivity index (χ0v) is 18.8. The minimum absolute atomic E-state index is 0.0353.